The van der Waals surface area contributed by atoms with Crippen molar-refractivity contribution in [3.8, 4) is 0 Å². The smallest absolute Gasteiger partial charge is 0.244 e. The van der Waals surface area contributed by atoms with Crippen LogP contribution in [0.3, 0.4) is 0 Å². The molecule has 1 N–H and O–H groups in total. The second-order valence-corrected chi connectivity index (χ2v) is 8.71. The highest BCUT2D eigenvalue weighted by molar-refractivity contribution is 7.89. The third-order valence-corrected chi connectivity index (χ3v) is 7.07. The first kappa shape index (κ1) is 16.9. The van der Waals surface area contributed by atoms with Crippen LogP contribution in [0.5, 0.6) is 0 Å². The fourth-order valence-corrected chi connectivity index (χ4v) is 5.82. The summed E-state index contributed by atoms with van der Waals surface area (Å²) in [5, 5.41) is 3.06. The predicted molar refractivity (Wildman–Crippen MR) is 85.2 cm³/mol. The molecule has 0 aliphatic carbocycles. The number of nitrogens with zero attached hydrogens (tertiary/aromatic N) is 1. The van der Waals surface area contributed by atoms with Gasteiger partial charge in [0.15, 0.2) is 0 Å². The maximum absolute atomic E-state index is 12.8. The highest BCUT2D eigenvalue weighted by atomic mass is 32.2. The maximum atomic E-state index is 12.8. The molecule has 1 aromatic rings. The number of thiophene rings is 1. The molecule has 120 valence electrons. The first-order chi connectivity index (χ1) is 9.98. The monoisotopic (exact) mass is 332 g/mol. The van der Waals surface area contributed by atoms with Gasteiger partial charge in [-0.1, -0.05) is 0 Å². The largest absolute Gasteiger partial charge is 0.384 e. The molecule has 0 bridgehead atoms. The van der Waals surface area contributed by atoms with Gasteiger partial charge in [-0.3, -0.25) is 0 Å². The van der Waals surface area contributed by atoms with Crippen LogP contribution in [-0.4, -0.2) is 46.6 Å². The lowest BCUT2D eigenvalue weighted by Gasteiger charge is -2.30. The Morgan fingerprint density at radius 1 is 1.43 bits per heavy atom. The molecule has 1 aliphatic heterocycles. The van der Waals surface area contributed by atoms with Crippen LogP contribution in [0.25, 0.3) is 0 Å². The summed E-state index contributed by atoms with van der Waals surface area (Å²) in [6.07, 6.45) is 1.75. The Labute approximate surface area is 131 Å². The van der Waals surface area contributed by atoms with Crippen molar-refractivity contribution in [3.63, 3.8) is 0 Å². The second-order valence-electron chi connectivity index (χ2n) is 5.47. The number of ether oxygens (including phenoxy) is 1. The van der Waals surface area contributed by atoms with Gasteiger partial charge in [-0.25, -0.2) is 8.42 Å². The summed E-state index contributed by atoms with van der Waals surface area (Å²) in [6, 6.07) is 1.81. The van der Waals surface area contributed by atoms with E-state index in [9.17, 15) is 8.42 Å². The minimum Gasteiger partial charge on any atom is -0.384 e. The van der Waals surface area contributed by atoms with Crippen molar-refractivity contribution in [2.75, 3.05) is 33.9 Å². The minimum absolute atomic E-state index is 0.475. The summed E-state index contributed by atoms with van der Waals surface area (Å²) in [4.78, 5) is 2.41. The van der Waals surface area contributed by atoms with Crippen LogP contribution in [0.1, 0.15) is 22.6 Å². The third kappa shape index (κ3) is 3.84. The van der Waals surface area contributed by atoms with Crippen molar-refractivity contribution in [2.45, 2.75) is 31.2 Å². The number of nitrogens with one attached hydrogen (secondary N) is 1. The summed E-state index contributed by atoms with van der Waals surface area (Å²) in [6.45, 7) is 4.49. The van der Waals surface area contributed by atoms with Crippen molar-refractivity contribution < 1.29 is 13.2 Å². The second kappa shape index (κ2) is 7.19. The average molecular weight is 332 g/mol. The van der Waals surface area contributed by atoms with E-state index in [0.29, 0.717) is 30.4 Å². The summed E-state index contributed by atoms with van der Waals surface area (Å²) in [7, 11) is 0.207. The van der Waals surface area contributed by atoms with Gasteiger partial charge in [0.1, 0.15) is 0 Å². The fraction of sp³-hybridized carbons (Fsp3) is 0.714. The van der Waals surface area contributed by atoms with Gasteiger partial charge in [-0.15, -0.1) is 11.3 Å². The van der Waals surface area contributed by atoms with Crippen LogP contribution in [-0.2, 0) is 21.3 Å². The van der Waals surface area contributed by atoms with Crippen LogP contribution >= 0.6 is 11.3 Å². The zero-order valence-corrected chi connectivity index (χ0v) is 14.5. The highest BCUT2D eigenvalue weighted by Crippen LogP contribution is 2.30. The first-order valence-corrected chi connectivity index (χ1v) is 9.47. The van der Waals surface area contributed by atoms with E-state index in [1.807, 2.05) is 20.0 Å². The van der Waals surface area contributed by atoms with Gasteiger partial charge in [0.2, 0.25) is 10.0 Å². The molecule has 0 aromatic carbocycles. The lowest BCUT2D eigenvalue weighted by Crippen LogP contribution is -2.39. The topological polar surface area (TPSA) is 58.6 Å². The number of rotatable bonds is 6. The van der Waals surface area contributed by atoms with Crippen molar-refractivity contribution in [2.24, 2.45) is 5.92 Å². The molecule has 2 rings (SSSR count). The lowest BCUT2D eigenvalue weighted by atomic mass is 9.99. The SMILES string of the molecule is CNCc1cc(S(=O)(=O)N2CCC(COC)CC2)c(C)s1. The molecule has 0 saturated carbocycles. The first-order valence-electron chi connectivity index (χ1n) is 7.22. The van der Waals surface area contributed by atoms with E-state index in [1.54, 1.807) is 22.8 Å². The van der Waals surface area contributed by atoms with Crippen LogP contribution in [0.2, 0.25) is 0 Å². The summed E-state index contributed by atoms with van der Waals surface area (Å²) in [5.41, 5.74) is 0. The molecule has 1 aliphatic rings. The molecule has 0 unspecified atom stereocenters. The van der Waals surface area contributed by atoms with Gasteiger partial charge in [0, 0.05) is 43.1 Å². The average Bonchev–Trinajstić information content (AvgIpc) is 2.82. The van der Waals surface area contributed by atoms with Crippen molar-refractivity contribution in [3.05, 3.63) is 15.8 Å². The molecule has 0 atom stereocenters. The summed E-state index contributed by atoms with van der Waals surface area (Å²) >= 11 is 1.55. The molecular formula is C14H24N2O3S2. The minimum atomic E-state index is -3.35. The van der Waals surface area contributed by atoms with Crippen LogP contribution in [0, 0.1) is 12.8 Å². The van der Waals surface area contributed by atoms with Gasteiger partial charge in [-0.05, 0) is 38.8 Å². The zero-order valence-electron chi connectivity index (χ0n) is 12.9. The molecule has 1 fully saturated rings. The Hall–Kier alpha value is -0.470. The Balaban J connectivity index is 2.12. The van der Waals surface area contributed by atoms with E-state index in [-0.39, 0.29) is 0 Å². The number of sulfonamides is 1. The number of methoxy groups -OCH3 is 1. The standard InChI is InChI=1S/C14H24N2O3S2/c1-11-14(8-13(20-11)9-15-2)21(17,18)16-6-4-12(5-7-16)10-19-3/h8,12,15H,4-7,9-10H2,1-3H3. The Morgan fingerprint density at radius 3 is 2.67 bits per heavy atom. The fourth-order valence-electron chi connectivity index (χ4n) is 2.73. The highest BCUT2D eigenvalue weighted by Gasteiger charge is 2.31. The molecule has 0 spiro atoms. The number of piperidine rings is 1. The number of aryl methyl sites for hydroxylation is 1. The quantitative estimate of drug-likeness (QED) is 0.863. The Morgan fingerprint density at radius 2 is 2.10 bits per heavy atom. The molecule has 0 radical (unpaired) electrons. The summed E-state index contributed by atoms with van der Waals surface area (Å²) in [5.74, 6) is 0.477. The molecule has 0 amide bonds. The van der Waals surface area contributed by atoms with Crippen molar-refractivity contribution in [1.29, 1.82) is 0 Å². The number of hydrogen-bond acceptors (Lipinski definition) is 5. The van der Waals surface area contributed by atoms with E-state index in [4.69, 9.17) is 4.74 Å². The molecule has 2 heterocycles. The molecule has 21 heavy (non-hydrogen) atoms. The molecule has 5 nitrogen and oxygen atoms in total. The van der Waals surface area contributed by atoms with E-state index >= 15 is 0 Å². The Bertz CT molecular complexity index is 561. The Kier molecular flexibility index (Phi) is 5.79. The van der Waals surface area contributed by atoms with Crippen molar-refractivity contribution in [1.82, 2.24) is 9.62 Å². The van der Waals surface area contributed by atoms with E-state index in [1.165, 1.54) is 0 Å². The van der Waals surface area contributed by atoms with E-state index in [2.05, 4.69) is 5.32 Å². The van der Waals surface area contributed by atoms with Gasteiger partial charge in [-0.2, -0.15) is 4.31 Å². The van der Waals surface area contributed by atoms with E-state index < -0.39 is 10.0 Å². The van der Waals surface area contributed by atoms with Crippen LogP contribution in [0.4, 0.5) is 0 Å². The molecular weight excluding hydrogens is 308 g/mol. The predicted octanol–water partition coefficient (Wildman–Crippen LogP) is 1.82. The third-order valence-electron chi connectivity index (χ3n) is 3.87. The molecule has 1 aromatic heterocycles. The van der Waals surface area contributed by atoms with E-state index in [0.717, 1.165) is 29.2 Å². The lowest BCUT2D eigenvalue weighted by molar-refractivity contribution is 0.121. The van der Waals surface area contributed by atoms with Gasteiger partial charge in [0.05, 0.1) is 4.90 Å². The van der Waals surface area contributed by atoms with Crippen LogP contribution in [0.15, 0.2) is 11.0 Å². The molecule has 1 saturated heterocycles. The van der Waals surface area contributed by atoms with Crippen LogP contribution < -0.4 is 5.32 Å². The number of hydrogen-bond donors (Lipinski definition) is 1. The zero-order chi connectivity index (χ0) is 15.5. The maximum Gasteiger partial charge on any atom is 0.244 e. The van der Waals surface area contributed by atoms with Crippen molar-refractivity contribution >= 4 is 21.4 Å². The summed E-state index contributed by atoms with van der Waals surface area (Å²) < 4.78 is 32.3. The normalized spacial score (nSPS) is 18.2. The van der Waals surface area contributed by atoms with Gasteiger partial charge in [0.25, 0.3) is 0 Å². The van der Waals surface area contributed by atoms with Gasteiger partial charge >= 0.3 is 0 Å². The van der Waals surface area contributed by atoms with Gasteiger partial charge < -0.3 is 10.1 Å². The molecule has 7 heteroatoms.